The SMILES string of the molecule is Nc1c(Nc2ccc(Br)cn2)ncnc1NC12CC3CC(CC(C3)C1)C2. The Morgan fingerprint density at radius 2 is 1.62 bits per heavy atom. The van der Waals surface area contributed by atoms with E-state index < -0.39 is 0 Å². The first-order valence-corrected chi connectivity index (χ1v) is 10.2. The number of pyridine rings is 1. The summed E-state index contributed by atoms with van der Waals surface area (Å²) in [5, 5.41) is 6.95. The number of nitrogens with one attached hydrogen (secondary N) is 2. The molecule has 0 atom stereocenters. The Labute approximate surface area is 161 Å². The monoisotopic (exact) mass is 414 g/mol. The third kappa shape index (κ3) is 2.92. The van der Waals surface area contributed by atoms with Crippen LogP contribution in [-0.4, -0.2) is 20.5 Å². The Bertz CT molecular complexity index is 786. The summed E-state index contributed by atoms with van der Waals surface area (Å²) in [6, 6.07) is 3.82. The molecule has 4 N–H and O–H groups in total. The van der Waals surface area contributed by atoms with Gasteiger partial charge < -0.3 is 16.4 Å². The average molecular weight is 415 g/mol. The van der Waals surface area contributed by atoms with Crippen LogP contribution in [0.25, 0.3) is 0 Å². The fourth-order valence-electron chi connectivity index (χ4n) is 5.68. The van der Waals surface area contributed by atoms with Crippen molar-refractivity contribution >= 4 is 39.1 Å². The van der Waals surface area contributed by atoms with Crippen molar-refractivity contribution in [2.24, 2.45) is 17.8 Å². The van der Waals surface area contributed by atoms with Gasteiger partial charge in [-0.05, 0) is 84.3 Å². The zero-order valence-corrected chi connectivity index (χ0v) is 16.2. The second kappa shape index (κ2) is 6.08. The number of halogens is 1. The first kappa shape index (κ1) is 16.3. The van der Waals surface area contributed by atoms with Crippen molar-refractivity contribution in [1.82, 2.24) is 15.0 Å². The highest BCUT2D eigenvalue weighted by Crippen LogP contribution is 2.56. The first-order chi connectivity index (χ1) is 12.6. The van der Waals surface area contributed by atoms with Gasteiger partial charge in [0.25, 0.3) is 0 Å². The second-order valence-corrected chi connectivity index (χ2v) is 9.21. The van der Waals surface area contributed by atoms with Crippen LogP contribution in [0.5, 0.6) is 0 Å². The van der Waals surface area contributed by atoms with Gasteiger partial charge in [0.05, 0.1) is 0 Å². The summed E-state index contributed by atoms with van der Waals surface area (Å²) in [5.74, 6) is 4.69. The lowest BCUT2D eigenvalue weighted by molar-refractivity contribution is 0.0106. The van der Waals surface area contributed by atoms with Crippen LogP contribution in [0.2, 0.25) is 0 Å². The zero-order valence-electron chi connectivity index (χ0n) is 14.6. The molecular formula is C19H23BrN6. The number of hydrogen-bond acceptors (Lipinski definition) is 6. The van der Waals surface area contributed by atoms with E-state index in [0.29, 0.717) is 17.3 Å². The highest BCUT2D eigenvalue weighted by atomic mass is 79.9. The summed E-state index contributed by atoms with van der Waals surface area (Å²) in [6.07, 6.45) is 11.3. The van der Waals surface area contributed by atoms with Gasteiger partial charge in [0.2, 0.25) is 0 Å². The molecule has 2 heterocycles. The van der Waals surface area contributed by atoms with E-state index in [1.807, 2.05) is 12.1 Å². The molecule has 136 valence electrons. The lowest BCUT2D eigenvalue weighted by atomic mass is 9.53. The maximum absolute atomic E-state index is 6.40. The molecule has 6 nitrogen and oxygen atoms in total. The van der Waals surface area contributed by atoms with Crippen molar-refractivity contribution in [2.75, 3.05) is 16.4 Å². The van der Waals surface area contributed by atoms with Crippen LogP contribution < -0.4 is 16.4 Å². The fourth-order valence-corrected chi connectivity index (χ4v) is 5.92. The van der Waals surface area contributed by atoms with Crippen LogP contribution in [0.15, 0.2) is 29.1 Å². The fraction of sp³-hybridized carbons (Fsp3) is 0.526. The number of nitrogen functional groups attached to an aromatic ring is 1. The topological polar surface area (TPSA) is 88.8 Å². The Kier molecular flexibility index (Phi) is 3.81. The number of rotatable bonds is 4. The minimum Gasteiger partial charge on any atom is -0.393 e. The number of anilines is 4. The summed E-state index contributed by atoms with van der Waals surface area (Å²) in [7, 11) is 0. The van der Waals surface area contributed by atoms with E-state index in [9.17, 15) is 0 Å². The van der Waals surface area contributed by atoms with Crippen molar-refractivity contribution in [3.63, 3.8) is 0 Å². The van der Waals surface area contributed by atoms with Gasteiger partial charge in [-0.1, -0.05) is 0 Å². The number of nitrogens with two attached hydrogens (primary N) is 1. The van der Waals surface area contributed by atoms with Crippen molar-refractivity contribution in [3.8, 4) is 0 Å². The van der Waals surface area contributed by atoms with Crippen LogP contribution in [0, 0.1) is 17.8 Å². The van der Waals surface area contributed by atoms with Crippen molar-refractivity contribution in [3.05, 3.63) is 29.1 Å². The zero-order chi connectivity index (χ0) is 17.7. The molecule has 4 bridgehead atoms. The van der Waals surface area contributed by atoms with Crippen LogP contribution in [0.3, 0.4) is 0 Å². The molecule has 0 unspecified atom stereocenters. The molecule has 0 saturated heterocycles. The van der Waals surface area contributed by atoms with Crippen molar-refractivity contribution < 1.29 is 0 Å². The summed E-state index contributed by atoms with van der Waals surface area (Å²) in [5.41, 5.74) is 7.14. The lowest BCUT2D eigenvalue weighted by Gasteiger charge is -2.57. The largest absolute Gasteiger partial charge is 0.393 e. The smallest absolute Gasteiger partial charge is 0.160 e. The van der Waals surface area contributed by atoms with Crippen LogP contribution >= 0.6 is 15.9 Å². The van der Waals surface area contributed by atoms with E-state index in [1.165, 1.54) is 38.5 Å². The second-order valence-electron chi connectivity index (χ2n) is 8.29. The van der Waals surface area contributed by atoms with E-state index in [2.05, 4.69) is 41.5 Å². The summed E-state index contributed by atoms with van der Waals surface area (Å²) >= 11 is 3.39. The number of nitrogens with zero attached hydrogens (tertiary/aromatic N) is 3. The summed E-state index contributed by atoms with van der Waals surface area (Å²) < 4.78 is 0.933. The highest BCUT2D eigenvalue weighted by Gasteiger charge is 2.51. The summed E-state index contributed by atoms with van der Waals surface area (Å²) in [4.78, 5) is 13.1. The maximum atomic E-state index is 6.40. The van der Waals surface area contributed by atoms with Gasteiger partial charge in [0.1, 0.15) is 17.8 Å². The Hall–Kier alpha value is -1.89. The maximum Gasteiger partial charge on any atom is 0.160 e. The van der Waals surface area contributed by atoms with E-state index in [-0.39, 0.29) is 5.54 Å². The van der Waals surface area contributed by atoms with Gasteiger partial charge in [-0.3, -0.25) is 0 Å². The Morgan fingerprint density at radius 1 is 0.962 bits per heavy atom. The molecular weight excluding hydrogens is 392 g/mol. The number of hydrogen-bond donors (Lipinski definition) is 3. The predicted molar refractivity (Wildman–Crippen MR) is 106 cm³/mol. The predicted octanol–water partition coefficient (Wildman–Crippen LogP) is 4.34. The first-order valence-electron chi connectivity index (χ1n) is 9.36. The van der Waals surface area contributed by atoms with E-state index >= 15 is 0 Å². The minimum atomic E-state index is 0.171. The van der Waals surface area contributed by atoms with Gasteiger partial charge in [-0.15, -0.1) is 0 Å². The molecule has 2 aromatic heterocycles. The normalized spacial score (nSPS) is 31.8. The molecule has 7 heteroatoms. The van der Waals surface area contributed by atoms with E-state index in [4.69, 9.17) is 5.73 Å². The molecule has 0 amide bonds. The Morgan fingerprint density at radius 3 is 2.23 bits per heavy atom. The number of aromatic nitrogens is 3. The molecule has 4 saturated carbocycles. The third-order valence-corrected chi connectivity index (χ3v) is 6.75. The molecule has 0 aromatic carbocycles. The van der Waals surface area contributed by atoms with Gasteiger partial charge in [0, 0.05) is 16.2 Å². The molecule has 4 fully saturated rings. The molecule has 0 aliphatic heterocycles. The lowest BCUT2D eigenvalue weighted by Crippen LogP contribution is -2.55. The Balaban J connectivity index is 1.39. The van der Waals surface area contributed by atoms with Crippen molar-refractivity contribution in [1.29, 1.82) is 0 Å². The molecule has 26 heavy (non-hydrogen) atoms. The van der Waals surface area contributed by atoms with Gasteiger partial charge in [-0.25, -0.2) is 15.0 Å². The van der Waals surface area contributed by atoms with E-state index in [0.717, 1.165) is 28.0 Å². The molecule has 0 spiro atoms. The van der Waals surface area contributed by atoms with Crippen LogP contribution in [-0.2, 0) is 0 Å². The van der Waals surface area contributed by atoms with Crippen molar-refractivity contribution in [2.45, 2.75) is 44.1 Å². The van der Waals surface area contributed by atoms with Crippen LogP contribution in [0.1, 0.15) is 38.5 Å². The molecule has 6 rings (SSSR count). The highest BCUT2D eigenvalue weighted by molar-refractivity contribution is 9.10. The minimum absolute atomic E-state index is 0.171. The van der Waals surface area contributed by atoms with E-state index in [1.54, 1.807) is 12.5 Å². The standard InChI is InChI=1S/C19H23BrN6/c20-14-1-2-15(22-9-14)25-17-16(21)18(24-10-23-17)26-19-6-11-3-12(7-19)5-13(4-11)8-19/h1-2,9-13H,3-8,21H2,(H2,22,23,24,25,26). The quantitative estimate of drug-likeness (QED) is 0.689. The third-order valence-electron chi connectivity index (χ3n) is 6.28. The molecule has 2 aromatic rings. The molecule has 0 radical (unpaired) electrons. The average Bonchev–Trinajstić information content (AvgIpc) is 2.59. The molecule has 4 aliphatic carbocycles. The molecule has 4 aliphatic rings. The van der Waals surface area contributed by atoms with Gasteiger partial charge in [0.15, 0.2) is 11.6 Å². The van der Waals surface area contributed by atoms with Gasteiger partial charge in [-0.2, -0.15) is 0 Å². The summed E-state index contributed by atoms with van der Waals surface area (Å²) in [6.45, 7) is 0. The van der Waals surface area contributed by atoms with Gasteiger partial charge >= 0.3 is 0 Å². The van der Waals surface area contributed by atoms with Crippen LogP contribution in [0.4, 0.5) is 23.1 Å².